The summed E-state index contributed by atoms with van der Waals surface area (Å²) in [4.78, 5) is 0. The van der Waals surface area contributed by atoms with E-state index in [1.54, 1.807) is 0 Å². The molecule has 0 radical (unpaired) electrons. The second-order valence-corrected chi connectivity index (χ2v) is 2.33. The molecule has 0 amide bonds. The van der Waals surface area contributed by atoms with Gasteiger partial charge < -0.3 is 0 Å². The van der Waals surface area contributed by atoms with Crippen molar-refractivity contribution in [1.29, 1.82) is 0 Å². The first kappa shape index (κ1) is 8.66. The predicted molar refractivity (Wildman–Crippen MR) is 41.1 cm³/mol. The van der Waals surface area contributed by atoms with E-state index in [0.717, 1.165) is 13.0 Å². The highest BCUT2D eigenvalue weighted by atomic mass is 15.5. The third-order valence-electron chi connectivity index (χ3n) is 1.15. The molecule has 0 aliphatic heterocycles. The third kappa shape index (κ3) is 5.53. The fourth-order valence-electron chi connectivity index (χ4n) is 0.395. The van der Waals surface area contributed by atoms with Gasteiger partial charge in [0, 0.05) is 20.6 Å². The van der Waals surface area contributed by atoms with Crippen LogP contribution in [-0.4, -0.2) is 25.6 Å². The van der Waals surface area contributed by atoms with Gasteiger partial charge in [0.15, 0.2) is 0 Å². The van der Waals surface area contributed by atoms with Crippen LogP contribution in [0.25, 0.3) is 0 Å². The lowest BCUT2D eigenvalue weighted by atomic mass is 10.2. The normalized spacial score (nSPS) is 10.2. The Kier molecular flexibility index (Phi) is 4.36. The molecule has 0 aromatic rings. The van der Waals surface area contributed by atoms with E-state index in [4.69, 9.17) is 0 Å². The molecule has 0 aliphatic carbocycles. The zero-order valence-corrected chi connectivity index (χ0v) is 6.57. The van der Waals surface area contributed by atoms with Gasteiger partial charge in [0.2, 0.25) is 0 Å². The topological polar surface area (TPSA) is 15.3 Å². The monoisotopic (exact) mass is 128 g/mol. The van der Waals surface area contributed by atoms with Crippen LogP contribution in [0, 0.1) is 0 Å². The van der Waals surface area contributed by atoms with Gasteiger partial charge in [-0.05, 0) is 6.42 Å². The van der Waals surface area contributed by atoms with Crippen LogP contribution in [0.15, 0.2) is 12.2 Å². The quantitative estimate of drug-likeness (QED) is 0.449. The molecule has 1 N–H and O–H groups in total. The third-order valence-corrected chi connectivity index (χ3v) is 1.15. The van der Waals surface area contributed by atoms with E-state index in [1.807, 2.05) is 19.1 Å². The van der Waals surface area contributed by atoms with Crippen molar-refractivity contribution < 1.29 is 0 Å². The molecule has 0 spiro atoms. The van der Waals surface area contributed by atoms with Crippen LogP contribution < -0.4 is 5.43 Å². The summed E-state index contributed by atoms with van der Waals surface area (Å²) in [7, 11) is 3.95. The van der Waals surface area contributed by atoms with Crippen LogP contribution in [0.3, 0.4) is 0 Å². The lowest BCUT2D eigenvalue weighted by molar-refractivity contribution is 0.302. The van der Waals surface area contributed by atoms with E-state index in [0.29, 0.717) is 0 Å². The second kappa shape index (κ2) is 4.53. The molecule has 9 heavy (non-hydrogen) atoms. The summed E-state index contributed by atoms with van der Waals surface area (Å²) in [6.45, 7) is 6.86. The van der Waals surface area contributed by atoms with Gasteiger partial charge >= 0.3 is 0 Å². The van der Waals surface area contributed by atoms with Gasteiger partial charge in [-0.15, -0.1) is 0 Å². The summed E-state index contributed by atoms with van der Waals surface area (Å²) in [5, 5.41) is 1.93. The van der Waals surface area contributed by atoms with E-state index < -0.39 is 0 Å². The van der Waals surface area contributed by atoms with Crippen molar-refractivity contribution in [2.45, 2.75) is 13.3 Å². The van der Waals surface area contributed by atoms with E-state index in [9.17, 15) is 0 Å². The second-order valence-electron chi connectivity index (χ2n) is 2.33. The molecular formula is C7H16N2. The Morgan fingerprint density at radius 2 is 2.11 bits per heavy atom. The standard InChI is InChI=1S/C7H16N2/c1-5-7(2)6-8-9(3)4/h8H,2,5-6H2,1,3-4H3. The van der Waals surface area contributed by atoms with Crippen LogP contribution in [0.5, 0.6) is 0 Å². The molecule has 2 heteroatoms. The van der Waals surface area contributed by atoms with Gasteiger partial charge in [-0.25, -0.2) is 0 Å². The van der Waals surface area contributed by atoms with Gasteiger partial charge in [0.05, 0.1) is 0 Å². The Bertz CT molecular complexity index is 86.9. The molecule has 0 saturated carbocycles. The summed E-state index contributed by atoms with van der Waals surface area (Å²) in [5.74, 6) is 0. The van der Waals surface area contributed by atoms with Gasteiger partial charge in [0.25, 0.3) is 0 Å². The van der Waals surface area contributed by atoms with Crippen LogP contribution in [0.2, 0.25) is 0 Å². The maximum atomic E-state index is 3.86. The molecule has 2 nitrogen and oxygen atoms in total. The Balaban J connectivity index is 3.17. The van der Waals surface area contributed by atoms with Crippen molar-refractivity contribution in [2.24, 2.45) is 0 Å². The Labute approximate surface area is 57.5 Å². The summed E-state index contributed by atoms with van der Waals surface area (Å²) in [6.07, 6.45) is 1.06. The maximum absolute atomic E-state index is 3.86. The largest absolute Gasteiger partial charge is 0.252 e. The summed E-state index contributed by atoms with van der Waals surface area (Å²) >= 11 is 0. The van der Waals surface area contributed by atoms with Crippen molar-refractivity contribution in [3.05, 3.63) is 12.2 Å². The average Bonchev–Trinajstić information content (AvgIpc) is 1.83. The van der Waals surface area contributed by atoms with Gasteiger partial charge in [-0.3, -0.25) is 10.4 Å². The molecule has 0 unspecified atom stereocenters. The molecule has 0 rings (SSSR count). The molecule has 0 heterocycles. The average molecular weight is 128 g/mol. The van der Waals surface area contributed by atoms with Crippen molar-refractivity contribution >= 4 is 0 Å². The van der Waals surface area contributed by atoms with Crippen molar-refractivity contribution in [3.63, 3.8) is 0 Å². The van der Waals surface area contributed by atoms with Crippen LogP contribution in [-0.2, 0) is 0 Å². The first-order chi connectivity index (χ1) is 4.16. The molecule has 54 valence electrons. The number of nitrogens with zero attached hydrogens (tertiary/aromatic N) is 1. The minimum absolute atomic E-state index is 0.892. The SMILES string of the molecule is C=C(CC)CNN(C)C. The lowest BCUT2D eigenvalue weighted by Gasteiger charge is -2.11. The Hall–Kier alpha value is -0.340. The molecular weight excluding hydrogens is 112 g/mol. The zero-order chi connectivity index (χ0) is 7.28. The molecule has 0 aromatic carbocycles. The minimum atomic E-state index is 0.892. The number of rotatable bonds is 4. The molecule has 0 aliphatic rings. The number of hydrogen-bond acceptors (Lipinski definition) is 2. The Morgan fingerprint density at radius 3 is 2.44 bits per heavy atom. The Morgan fingerprint density at radius 1 is 1.56 bits per heavy atom. The van der Waals surface area contributed by atoms with Crippen LogP contribution >= 0.6 is 0 Å². The molecule has 0 aromatic heterocycles. The highest BCUT2D eigenvalue weighted by Crippen LogP contribution is 1.91. The van der Waals surface area contributed by atoms with Gasteiger partial charge in [-0.2, -0.15) is 0 Å². The van der Waals surface area contributed by atoms with E-state index >= 15 is 0 Å². The fourth-order valence-corrected chi connectivity index (χ4v) is 0.395. The molecule has 0 fully saturated rings. The smallest absolute Gasteiger partial charge is 0.0309 e. The number of hydrazine groups is 1. The summed E-state index contributed by atoms with van der Waals surface area (Å²) < 4.78 is 0. The van der Waals surface area contributed by atoms with Crippen LogP contribution in [0.1, 0.15) is 13.3 Å². The molecule has 0 bridgehead atoms. The van der Waals surface area contributed by atoms with E-state index in [1.165, 1.54) is 5.57 Å². The van der Waals surface area contributed by atoms with Crippen molar-refractivity contribution in [3.8, 4) is 0 Å². The zero-order valence-electron chi connectivity index (χ0n) is 6.57. The lowest BCUT2D eigenvalue weighted by Crippen LogP contribution is -2.31. The fraction of sp³-hybridized carbons (Fsp3) is 0.714. The summed E-state index contributed by atoms with van der Waals surface area (Å²) in [5.41, 5.74) is 4.37. The highest BCUT2D eigenvalue weighted by molar-refractivity contribution is 4.94. The minimum Gasteiger partial charge on any atom is -0.252 e. The number of nitrogens with one attached hydrogen (secondary N) is 1. The first-order valence-corrected chi connectivity index (χ1v) is 3.24. The van der Waals surface area contributed by atoms with Crippen molar-refractivity contribution in [1.82, 2.24) is 10.4 Å². The van der Waals surface area contributed by atoms with E-state index in [-0.39, 0.29) is 0 Å². The maximum Gasteiger partial charge on any atom is 0.0309 e. The van der Waals surface area contributed by atoms with Crippen molar-refractivity contribution in [2.75, 3.05) is 20.6 Å². The van der Waals surface area contributed by atoms with Gasteiger partial charge in [0.1, 0.15) is 0 Å². The van der Waals surface area contributed by atoms with Crippen LogP contribution in [0.4, 0.5) is 0 Å². The predicted octanol–water partition coefficient (Wildman–Crippen LogP) is 1.02. The number of hydrogen-bond donors (Lipinski definition) is 1. The molecule has 0 atom stereocenters. The first-order valence-electron chi connectivity index (χ1n) is 3.24. The molecule has 0 saturated heterocycles. The van der Waals surface area contributed by atoms with E-state index in [2.05, 4.69) is 18.9 Å². The van der Waals surface area contributed by atoms with Gasteiger partial charge in [-0.1, -0.05) is 19.1 Å². The summed E-state index contributed by atoms with van der Waals surface area (Å²) in [6, 6.07) is 0. The highest BCUT2D eigenvalue weighted by Gasteiger charge is 1.89.